The van der Waals surface area contributed by atoms with Crippen molar-refractivity contribution in [2.45, 2.75) is 61.0 Å². The van der Waals surface area contributed by atoms with Crippen molar-refractivity contribution in [3.05, 3.63) is 42.0 Å². The first-order valence-electron chi connectivity index (χ1n) is 9.75. The zero-order chi connectivity index (χ0) is 31.3. The van der Waals surface area contributed by atoms with E-state index in [-0.39, 0.29) is 29.9 Å². The van der Waals surface area contributed by atoms with Crippen LogP contribution in [0.2, 0.25) is 0 Å². The fraction of sp³-hybridized carbons (Fsp3) is 0.550. The quantitative estimate of drug-likeness (QED) is 0.188. The number of ether oxygens (including phenoxy) is 1. The van der Waals surface area contributed by atoms with E-state index in [1.54, 1.807) is 0 Å². The Bertz CT molecular complexity index is 1050. The van der Waals surface area contributed by atoms with Crippen molar-refractivity contribution in [1.29, 1.82) is 0 Å². The molecule has 1 aromatic carbocycles. The second kappa shape index (κ2) is 10.0. The molecule has 0 spiro atoms. The Kier molecular flexibility index (Phi) is 8.80. The molecule has 1 rings (SSSR count). The van der Waals surface area contributed by atoms with Gasteiger partial charge in [-0.2, -0.15) is 74.6 Å². The van der Waals surface area contributed by atoms with Crippen molar-refractivity contribution in [3.63, 3.8) is 0 Å². The van der Waals surface area contributed by atoms with E-state index in [9.17, 15) is 79.4 Å². The summed E-state index contributed by atoms with van der Waals surface area (Å²) < 4.78 is 232. The number of benzene rings is 1. The van der Waals surface area contributed by atoms with Crippen molar-refractivity contribution >= 4 is 11.5 Å². The number of carbonyl (C=O) groups is 1. The minimum absolute atomic E-state index is 0.121. The summed E-state index contributed by atoms with van der Waals surface area (Å²) in [6.45, 7) is 4.56. The van der Waals surface area contributed by atoms with Crippen LogP contribution in [-0.2, 0) is 15.5 Å². The topological polar surface area (TPSA) is 26.3 Å². The summed E-state index contributed by atoms with van der Waals surface area (Å²) in [7, 11) is 0. The van der Waals surface area contributed by atoms with Crippen molar-refractivity contribution in [3.8, 4) is 0 Å². The summed E-state index contributed by atoms with van der Waals surface area (Å²) in [5.74, 6) is -57.9. The van der Waals surface area contributed by atoms with Gasteiger partial charge in [0.1, 0.15) is 0 Å². The Morgan fingerprint density at radius 3 is 1.36 bits per heavy atom. The number of carbonyl (C=O) groups excluding carboxylic acids is 1. The monoisotopic (exact) mass is 608 g/mol. The molecule has 0 aromatic heterocycles. The Morgan fingerprint density at radius 2 is 1.00 bits per heavy atom. The molecular formula is C20H13F17O2. The van der Waals surface area contributed by atoms with E-state index < -0.39 is 65.6 Å². The highest BCUT2D eigenvalue weighted by Gasteiger charge is 2.95. The molecule has 0 saturated heterocycles. The molecule has 0 aliphatic rings. The second-order valence-electron chi connectivity index (χ2n) is 7.68. The van der Waals surface area contributed by atoms with Crippen molar-refractivity contribution in [1.82, 2.24) is 0 Å². The van der Waals surface area contributed by atoms with Crippen LogP contribution < -0.4 is 0 Å². The van der Waals surface area contributed by atoms with Gasteiger partial charge in [0.25, 0.3) is 0 Å². The van der Waals surface area contributed by atoms with Gasteiger partial charge in [-0.1, -0.05) is 30.8 Å². The molecule has 0 radical (unpaired) electrons. The van der Waals surface area contributed by atoms with Crippen molar-refractivity contribution in [2.24, 2.45) is 0 Å². The number of halogens is 17. The van der Waals surface area contributed by atoms with E-state index >= 15 is 0 Å². The molecule has 2 nitrogen and oxygen atoms in total. The molecule has 0 saturated carbocycles. The Labute approximate surface area is 206 Å². The van der Waals surface area contributed by atoms with Gasteiger partial charge in [0.15, 0.2) is 0 Å². The normalized spacial score (nSPS) is 14.8. The van der Waals surface area contributed by atoms with Gasteiger partial charge in [-0.25, -0.2) is 0 Å². The molecule has 0 unspecified atom stereocenters. The molecule has 0 aliphatic heterocycles. The smallest absolute Gasteiger partial charge is 0.460 e. The predicted octanol–water partition coefficient (Wildman–Crippen LogP) is 8.12. The number of esters is 1. The van der Waals surface area contributed by atoms with Crippen LogP contribution in [0.1, 0.15) is 24.5 Å². The summed E-state index contributed by atoms with van der Waals surface area (Å²) in [5, 5.41) is 0. The van der Waals surface area contributed by atoms with Crippen LogP contribution >= 0.6 is 0 Å². The molecule has 0 amide bonds. The van der Waals surface area contributed by atoms with E-state index in [0.717, 1.165) is 0 Å². The van der Waals surface area contributed by atoms with Gasteiger partial charge in [-0.15, -0.1) is 0 Å². The van der Waals surface area contributed by atoms with E-state index in [1.807, 2.05) is 0 Å². The Hall–Kier alpha value is -2.76. The molecular weight excluding hydrogens is 595 g/mol. The van der Waals surface area contributed by atoms with Crippen LogP contribution in [0.3, 0.4) is 0 Å². The average Bonchev–Trinajstić information content (AvgIpc) is 2.77. The number of hydrogen-bond donors (Lipinski definition) is 0. The third-order valence-electron chi connectivity index (χ3n) is 5.04. The lowest BCUT2D eigenvalue weighted by molar-refractivity contribution is -0.462. The van der Waals surface area contributed by atoms with Crippen molar-refractivity contribution in [2.75, 3.05) is 6.61 Å². The molecule has 0 bridgehead atoms. The molecule has 1 aromatic rings. The van der Waals surface area contributed by atoms with E-state index in [2.05, 4.69) is 11.3 Å². The molecule has 0 aliphatic carbocycles. The molecule has 0 heterocycles. The highest BCUT2D eigenvalue weighted by atomic mass is 19.4. The van der Waals surface area contributed by atoms with Gasteiger partial charge in [0.05, 0.1) is 13.0 Å². The molecule has 224 valence electrons. The van der Waals surface area contributed by atoms with Crippen LogP contribution in [0, 0.1) is 0 Å². The Morgan fingerprint density at radius 1 is 0.641 bits per heavy atom. The number of rotatable bonds is 11. The lowest BCUT2D eigenvalue weighted by atomic mass is 9.87. The summed E-state index contributed by atoms with van der Waals surface area (Å²) in [6, 6.07) is 0.393. The van der Waals surface area contributed by atoms with E-state index in [1.165, 1.54) is 6.92 Å². The molecule has 0 fully saturated rings. The minimum atomic E-state index is -8.68. The van der Waals surface area contributed by atoms with Gasteiger partial charge < -0.3 is 4.74 Å². The maximum Gasteiger partial charge on any atom is 0.460 e. The first kappa shape index (κ1) is 34.3. The summed E-state index contributed by atoms with van der Waals surface area (Å²) in [6.07, 6.45) is -8.44. The standard InChI is InChI=1S/C20H13F17O2/c1-3-39-12(38)8-9(2)10-4-6-11(7-5-10)13(21,22)14(23,24)15(25,26)16(27,28)17(29,30)18(31,32)19(33,34)20(35,36)37/h4-7H,2-3,8H2,1H3. The van der Waals surface area contributed by atoms with Crippen LogP contribution in [0.5, 0.6) is 0 Å². The third kappa shape index (κ3) is 5.12. The fourth-order valence-corrected chi connectivity index (χ4v) is 2.75. The Balaban J connectivity index is 3.55. The third-order valence-corrected chi connectivity index (χ3v) is 5.04. The summed E-state index contributed by atoms with van der Waals surface area (Å²) in [4.78, 5) is 11.4. The van der Waals surface area contributed by atoms with Gasteiger partial charge >= 0.3 is 53.6 Å². The van der Waals surface area contributed by atoms with E-state index in [0.29, 0.717) is 12.1 Å². The lowest BCUT2D eigenvalue weighted by Crippen LogP contribution is -2.74. The lowest BCUT2D eigenvalue weighted by Gasteiger charge is -2.42. The van der Waals surface area contributed by atoms with Crippen molar-refractivity contribution < 1.29 is 84.2 Å². The van der Waals surface area contributed by atoms with Gasteiger partial charge in [0.2, 0.25) is 0 Å². The maximum absolute atomic E-state index is 14.3. The van der Waals surface area contributed by atoms with Crippen LogP contribution in [0.15, 0.2) is 30.8 Å². The largest absolute Gasteiger partial charge is 0.466 e. The number of hydrogen-bond acceptors (Lipinski definition) is 2. The average molecular weight is 608 g/mol. The van der Waals surface area contributed by atoms with E-state index in [4.69, 9.17) is 0 Å². The predicted molar refractivity (Wildman–Crippen MR) is 96.4 cm³/mol. The van der Waals surface area contributed by atoms with Crippen LogP contribution in [-0.4, -0.2) is 54.3 Å². The second-order valence-corrected chi connectivity index (χ2v) is 7.68. The van der Waals surface area contributed by atoms with Crippen LogP contribution in [0.25, 0.3) is 5.57 Å². The van der Waals surface area contributed by atoms with Gasteiger partial charge in [-0.05, 0) is 18.1 Å². The van der Waals surface area contributed by atoms with Gasteiger partial charge in [-0.3, -0.25) is 4.79 Å². The zero-order valence-electron chi connectivity index (χ0n) is 18.7. The maximum atomic E-state index is 14.3. The van der Waals surface area contributed by atoms with Crippen LogP contribution in [0.4, 0.5) is 74.6 Å². The molecule has 0 N–H and O–H groups in total. The number of alkyl halides is 17. The highest BCUT2D eigenvalue weighted by Crippen LogP contribution is 2.65. The molecule has 0 atom stereocenters. The highest BCUT2D eigenvalue weighted by molar-refractivity contribution is 5.84. The summed E-state index contributed by atoms with van der Waals surface area (Å²) in [5.41, 5.74) is -2.94. The SMILES string of the molecule is C=C(CC(=O)OCC)c1ccc(C(F)(F)C(F)(F)C(F)(F)C(F)(F)C(F)(F)C(F)(F)C(F)(F)C(F)(F)F)cc1. The first-order chi connectivity index (χ1) is 17.1. The summed E-state index contributed by atoms with van der Waals surface area (Å²) >= 11 is 0. The minimum Gasteiger partial charge on any atom is -0.466 e. The van der Waals surface area contributed by atoms with Gasteiger partial charge in [0, 0.05) is 5.56 Å². The molecule has 39 heavy (non-hydrogen) atoms. The molecule has 19 heteroatoms. The first-order valence-corrected chi connectivity index (χ1v) is 9.75. The fourth-order valence-electron chi connectivity index (χ4n) is 2.75. The zero-order valence-corrected chi connectivity index (χ0v) is 18.7.